The summed E-state index contributed by atoms with van der Waals surface area (Å²) in [5.41, 5.74) is 3.37. The number of rotatable bonds is 7. The summed E-state index contributed by atoms with van der Waals surface area (Å²) in [6, 6.07) is 14.7. The van der Waals surface area contributed by atoms with Gasteiger partial charge in [-0.15, -0.1) is 11.3 Å². The van der Waals surface area contributed by atoms with Gasteiger partial charge >= 0.3 is 0 Å². The summed E-state index contributed by atoms with van der Waals surface area (Å²) < 4.78 is 5.14. The second-order valence-electron chi connectivity index (χ2n) is 7.83. The number of nitrogens with one attached hydrogen (secondary N) is 1. The predicted molar refractivity (Wildman–Crippen MR) is 118 cm³/mol. The average Bonchev–Trinajstić information content (AvgIpc) is 3.42. The van der Waals surface area contributed by atoms with Crippen LogP contribution in [0, 0.1) is 13.8 Å². The van der Waals surface area contributed by atoms with Gasteiger partial charge in [-0.2, -0.15) is 0 Å². The molecule has 1 amide bonds. The Hall–Kier alpha value is -2.48. The molecule has 1 saturated heterocycles. The summed E-state index contributed by atoms with van der Waals surface area (Å²) in [5, 5.41) is 9.64. The van der Waals surface area contributed by atoms with Crippen molar-refractivity contribution in [1.29, 1.82) is 0 Å². The third-order valence-electron chi connectivity index (χ3n) is 5.48. The first-order valence-electron chi connectivity index (χ1n) is 10.3. The number of carbonyl (C=O) groups excluding carboxylic acids is 1. The van der Waals surface area contributed by atoms with Crippen molar-refractivity contribution >= 4 is 17.2 Å². The Labute approximate surface area is 181 Å². The van der Waals surface area contributed by atoms with Gasteiger partial charge in [0.15, 0.2) is 0 Å². The van der Waals surface area contributed by atoms with Gasteiger partial charge in [-0.25, -0.2) is 0 Å². The van der Waals surface area contributed by atoms with Crippen LogP contribution in [-0.2, 0) is 11.3 Å². The van der Waals surface area contributed by atoms with E-state index in [0.717, 1.165) is 44.2 Å². The Balaban J connectivity index is 1.31. The lowest BCUT2D eigenvalue weighted by atomic mass is 10.0. The fourth-order valence-corrected chi connectivity index (χ4v) is 4.60. The SMILES string of the molecule is Cc1ccc([C@@H](NCC(=O)N2CCN(Cc3cc(C)on3)CC2)c2cccs2)cc1. The molecule has 0 spiro atoms. The lowest BCUT2D eigenvalue weighted by Gasteiger charge is -2.34. The zero-order chi connectivity index (χ0) is 20.9. The Morgan fingerprint density at radius 2 is 1.93 bits per heavy atom. The standard InChI is InChI=1S/C23H28N4O2S/c1-17-5-7-19(8-6-17)23(21-4-3-13-30-21)24-15-22(28)27-11-9-26(10-12-27)16-20-14-18(2)29-25-20/h3-8,13-14,23-24H,9-12,15-16H2,1-2H3/t23-/m1/s1. The molecule has 3 heterocycles. The smallest absolute Gasteiger partial charge is 0.236 e. The van der Waals surface area contributed by atoms with Gasteiger partial charge in [0.1, 0.15) is 5.76 Å². The minimum atomic E-state index is 0.0336. The zero-order valence-electron chi connectivity index (χ0n) is 17.5. The Morgan fingerprint density at radius 1 is 1.17 bits per heavy atom. The van der Waals surface area contributed by atoms with Gasteiger partial charge in [0.2, 0.25) is 5.91 Å². The molecular weight excluding hydrogens is 396 g/mol. The van der Waals surface area contributed by atoms with Gasteiger partial charge < -0.3 is 9.42 Å². The minimum Gasteiger partial charge on any atom is -0.361 e. The van der Waals surface area contributed by atoms with Crippen molar-refractivity contribution < 1.29 is 9.32 Å². The lowest BCUT2D eigenvalue weighted by Crippen LogP contribution is -2.50. The van der Waals surface area contributed by atoms with E-state index in [4.69, 9.17) is 4.52 Å². The van der Waals surface area contributed by atoms with Crippen molar-refractivity contribution in [3.63, 3.8) is 0 Å². The summed E-state index contributed by atoms with van der Waals surface area (Å²) in [6.45, 7) is 8.28. The highest BCUT2D eigenvalue weighted by Gasteiger charge is 2.23. The number of carbonyl (C=O) groups is 1. The van der Waals surface area contributed by atoms with Crippen molar-refractivity contribution in [2.75, 3.05) is 32.7 Å². The molecule has 1 aliphatic rings. The van der Waals surface area contributed by atoms with Crippen molar-refractivity contribution in [3.05, 3.63) is 75.3 Å². The van der Waals surface area contributed by atoms with Crippen molar-refractivity contribution in [1.82, 2.24) is 20.3 Å². The van der Waals surface area contributed by atoms with Gasteiger partial charge in [-0.3, -0.25) is 15.0 Å². The number of piperazine rings is 1. The van der Waals surface area contributed by atoms with Crippen LogP contribution < -0.4 is 5.32 Å². The molecule has 2 aromatic heterocycles. The normalized spacial score (nSPS) is 16.0. The van der Waals surface area contributed by atoms with Crippen LogP contribution in [0.15, 0.2) is 52.4 Å². The quantitative estimate of drug-likeness (QED) is 0.630. The molecule has 1 fully saturated rings. The zero-order valence-corrected chi connectivity index (χ0v) is 18.3. The molecule has 0 aliphatic carbocycles. The molecule has 0 unspecified atom stereocenters. The topological polar surface area (TPSA) is 61.6 Å². The fraction of sp³-hybridized carbons (Fsp3) is 0.391. The molecule has 1 N–H and O–H groups in total. The van der Waals surface area contributed by atoms with E-state index < -0.39 is 0 Å². The van der Waals surface area contributed by atoms with Crippen LogP contribution >= 0.6 is 11.3 Å². The van der Waals surface area contributed by atoms with E-state index in [1.54, 1.807) is 11.3 Å². The van der Waals surface area contributed by atoms with E-state index in [0.29, 0.717) is 6.54 Å². The fourth-order valence-electron chi connectivity index (χ4n) is 3.78. The van der Waals surface area contributed by atoms with E-state index in [1.165, 1.54) is 16.0 Å². The van der Waals surface area contributed by atoms with Crippen LogP contribution in [0.3, 0.4) is 0 Å². The molecule has 4 rings (SSSR count). The van der Waals surface area contributed by atoms with Gasteiger partial charge in [0.25, 0.3) is 0 Å². The molecule has 0 saturated carbocycles. The molecule has 3 aromatic rings. The third kappa shape index (κ3) is 5.16. The maximum atomic E-state index is 12.8. The molecule has 0 bridgehead atoms. The molecule has 30 heavy (non-hydrogen) atoms. The Bertz CT molecular complexity index is 944. The van der Waals surface area contributed by atoms with E-state index in [-0.39, 0.29) is 11.9 Å². The predicted octanol–water partition coefficient (Wildman–Crippen LogP) is 3.38. The molecule has 6 nitrogen and oxygen atoms in total. The van der Waals surface area contributed by atoms with Gasteiger partial charge in [0.05, 0.1) is 18.3 Å². The summed E-state index contributed by atoms with van der Waals surface area (Å²) in [5.74, 6) is 0.986. The van der Waals surface area contributed by atoms with Crippen LogP contribution in [0.2, 0.25) is 0 Å². The summed E-state index contributed by atoms with van der Waals surface area (Å²) >= 11 is 1.71. The highest BCUT2D eigenvalue weighted by molar-refractivity contribution is 7.10. The first kappa shape index (κ1) is 20.8. The number of nitrogens with zero attached hydrogens (tertiary/aromatic N) is 3. The van der Waals surface area contributed by atoms with Crippen molar-refractivity contribution in [3.8, 4) is 0 Å². The number of thiophene rings is 1. The molecule has 1 aromatic carbocycles. The third-order valence-corrected chi connectivity index (χ3v) is 6.42. The summed E-state index contributed by atoms with van der Waals surface area (Å²) in [6.07, 6.45) is 0. The first-order valence-corrected chi connectivity index (χ1v) is 11.2. The molecule has 1 aliphatic heterocycles. The Kier molecular flexibility index (Phi) is 6.62. The van der Waals surface area contributed by atoms with E-state index >= 15 is 0 Å². The largest absolute Gasteiger partial charge is 0.361 e. The van der Waals surface area contributed by atoms with Crippen molar-refractivity contribution in [2.24, 2.45) is 0 Å². The van der Waals surface area contributed by atoms with Crippen molar-refractivity contribution in [2.45, 2.75) is 26.4 Å². The van der Waals surface area contributed by atoms with Gasteiger partial charge in [0, 0.05) is 43.7 Å². The first-order chi connectivity index (χ1) is 14.6. The number of benzene rings is 1. The summed E-state index contributed by atoms with van der Waals surface area (Å²) in [4.78, 5) is 18.3. The van der Waals surface area contributed by atoms with Crippen LogP contribution in [-0.4, -0.2) is 53.6 Å². The second-order valence-corrected chi connectivity index (χ2v) is 8.81. The Morgan fingerprint density at radius 3 is 2.57 bits per heavy atom. The lowest BCUT2D eigenvalue weighted by molar-refractivity contribution is -0.132. The minimum absolute atomic E-state index is 0.0336. The molecule has 0 radical (unpaired) electrons. The van der Waals surface area contributed by atoms with Gasteiger partial charge in [-0.1, -0.05) is 41.1 Å². The highest BCUT2D eigenvalue weighted by Crippen LogP contribution is 2.26. The maximum Gasteiger partial charge on any atom is 0.236 e. The number of aryl methyl sites for hydroxylation is 2. The number of hydrogen-bond donors (Lipinski definition) is 1. The summed E-state index contributed by atoms with van der Waals surface area (Å²) in [7, 11) is 0. The van der Waals surface area contributed by atoms with Crippen LogP contribution in [0.25, 0.3) is 0 Å². The molecule has 7 heteroatoms. The number of aromatic nitrogens is 1. The van der Waals surface area contributed by atoms with Gasteiger partial charge in [-0.05, 0) is 30.9 Å². The average molecular weight is 425 g/mol. The number of amides is 1. The van der Waals surface area contributed by atoms with Crippen LogP contribution in [0.5, 0.6) is 0 Å². The molecule has 158 valence electrons. The monoisotopic (exact) mass is 424 g/mol. The van der Waals surface area contributed by atoms with E-state index in [2.05, 4.69) is 64.1 Å². The molecular formula is C23H28N4O2S. The van der Waals surface area contributed by atoms with Crippen LogP contribution in [0.1, 0.15) is 33.5 Å². The number of hydrogen-bond acceptors (Lipinski definition) is 6. The maximum absolute atomic E-state index is 12.8. The van der Waals surface area contributed by atoms with Crippen LogP contribution in [0.4, 0.5) is 0 Å². The molecule has 1 atom stereocenters. The second kappa shape index (κ2) is 9.55. The highest BCUT2D eigenvalue weighted by atomic mass is 32.1. The van der Waals surface area contributed by atoms with E-state index in [9.17, 15) is 4.79 Å². The van der Waals surface area contributed by atoms with E-state index in [1.807, 2.05) is 17.9 Å².